The number of rotatable bonds is 7. The van der Waals surface area contributed by atoms with E-state index < -0.39 is 23.3 Å². The number of carboxylic acid groups (broad SMARTS) is 1. The largest absolute Gasteiger partial charge is 0.491 e. The summed E-state index contributed by atoms with van der Waals surface area (Å²) >= 11 is 6.21. The first-order chi connectivity index (χ1) is 20.9. The molecular weight excluding hydrogens is 599 g/mol. The van der Waals surface area contributed by atoms with Crippen molar-refractivity contribution in [2.45, 2.75) is 19.6 Å². The number of hydrogen-bond donors (Lipinski definition) is 1. The zero-order chi connectivity index (χ0) is 31.8. The molecule has 0 amide bonds. The molecule has 4 aromatic rings. The molecule has 228 valence electrons. The third-order valence-corrected chi connectivity index (χ3v) is 7.82. The minimum atomic E-state index is -4.77. The standard InChI is InChI=1S/C31H27ClF3N5O4/c1-18-37-25-16-24(31(33,34)35)28(39-10-8-38(2)9-11-39)23(17-36)27(25)29(41)40(18)12-13-44-26-7-6-21(32)15-22(26)19-4-3-5-20(14-19)30(42)43/h3-7,14-16H,8-13H2,1-2H3,(H,42,43). The van der Waals surface area contributed by atoms with Crippen LogP contribution >= 0.6 is 11.6 Å². The van der Waals surface area contributed by atoms with Gasteiger partial charge in [0.2, 0.25) is 0 Å². The Morgan fingerprint density at radius 1 is 1.14 bits per heavy atom. The summed E-state index contributed by atoms with van der Waals surface area (Å²) in [4.78, 5) is 33.1. The molecule has 1 fully saturated rings. The van der Waals surface area contributed by atoms with E-state index >= 15 is 0 Å². The Labute approximate surface area is 255 Å². The molecule has 1 aromatic heterocycles. The van der Waals surface area contributed by atoms with E-state index in [1.165, 1.54) is 28.5 Å². The Bertz CT molecular complexity index is 1860. The topological polar surface area (TPSA) is 112 Å². The lowest BCUT2D eigenvalue weighted by atomic mass is 10.00. The lowest BCUT2D eigenvalue weighted by molar-refractivity contribution is -0.137. The summed E-state index contributed by atoms with van der Waals surface area (Å²) in [6, 6.07) is 13.8. The Balaban J connectivity index is 1.52. The molecule has 1 aliphatic rings. The van der Waals surface area contributed by atoms with E-state index in [-0.39, 0.29) is 59.8 Å². The molecule has 44 heavy (non-hydrogen) atoms. The molecule has 13 heteroatoms. The van der Waals surface area contributed by atoms with Gasteiger partial charge in [-0.1, -0.05) is 23.7 Å². The van der Waals surface area contributed by atoms with E-state index in [0.29, 0.717) is 35.0 Å². The van der Waals surface area contributed by atoms with Crippen molar-refractivity contribution in [3.8, 4) is 22.9 Å². The summed E-state index contributed by atoms with van der Waals surface area (Å²) in [6.07, 6.45) is -4.77. The molecule has 0 saturated carbocycles. The molecule has 0 atom stereocenters. The van der Waals surface area contributed by atoms with Crippen LogP contribution in [0.2, 0.25) is 5.02 Å². The van der Waals surface area contributed by atoms with Gasteiger partial charge in [-0.05, 0) is 55.9 Å². The molecule has 1 aliphatic heterocycles. The fourth-order valence-electron chi connectivity index (χ4n) is 5.35. The van der Waals surface area contributed by atoms with Crippen molar-refractivity contribution in [3.63, 3.8) is 0 Å². The number of fused-ring (bicyclic) bond motifs is 1. The number of carbonyl (C=O) groups is 1. The molecule has 0 aliphatic carbocycles. The average Bonchev–Trinajstić information content (AvgIpc) is 2.98. The fourth-order valence-corrected chi connectivity index (χ4v) is 5.52. The second-order valence-corrected chi connectivity index (χ2v) is 10.9. The minimum Gasteiger partial charge on any atom is -0.491 e. The van der Waals surface area contributed by atoms with Gasteiger partial charge in [0, 0.05) is 36.8 Å². The molecule has 3 aromatic carbocycles. The van der Waals surface area contributed by atoms with Gasteiger partial charge in [-0.2, -0.15) is 18.4 Å². The van der Waals surface area contributed by atoms with Gasteiger partial charge in [-0.3, -0.25) is 9.36 Å². The molecule has 0 radical (unpaired) electrons. The van der Waals surface area contributed by atoms with Crippen LogP contribution in [0, 0.1) is 18.3 Å². The highest BCUT2D eigenvalue weighted by Gasteiger charge is 2.38. The van der Waals surface area contributed by atoms with Gasteiger partial charge in [0.15, 0.2) is 0 Å². The molecule has 0 spiro atoms. The zero-order valence-corrected chi connectivity index (χ0v) is 24.5. The van der Waals surface area contributed by atoms with Crippen LogP contribution in [-0.4, -0.2) is 65.4 Å². The number of likely N-dealkylation sites (N-methyl/N-ethyl adjacent to an activating group) is 1. The normalized spacial score (nSPS) is 14.1. The van der Waals surface area contributed by atoms with E-state index in [1.807, 2.05) is 18.0 Å². The number of nitrogens with zero attached hydrogens (tertiary/aromatic N) is 5. The van der Waals surface area contributed by atoms with Crippen molar-refractivity contribution in [1.29, 1.82) is 5.26 Å². The van der Waals surface area contributed by atoms with Gasteiger partial charge < -0.3 is 19.6 Å². The summed E-state index contributed by atoms with van der Waals surface area (Å²) in [5.41, 5.74) is -1.35. The summed E-state index contributed by atoms with van der Waals surface area (Å²) in [5, 5.41) is 19.7. The second kappa shape index (κ2) is 12.2. The van der Waals surface area contributed by atoms with Crippen molar-refractivity contribution in [1.82, 2.24) is 14.5 Å². The SMILES string of the molecule is Cc1nc2cc(C(F)(F)F)c(N3CCN(C)CC3)c(C#N)c2c(=O)n1CCOc1ccc(Cl)cc1-c1cccc(C(=O)O)c1. The number of carboxylic acids is 1. The lowest BCUT2D eigenvalue weighted by Gasteiger charge is -2.36. The first-order valence-corrected chi connectivity index (χ1v) is 14.0. The number of nitriles is 1. The number of aromatic carboxylic acids is 1. The van der Waals surface area contributed by atoms with Crippen LogP contribution in [0.25, 0.3) is 22.0 Å². The Morgan fingerprint density at radius 2 is 1.86 bits per heavy atom. The fraction of sp³-hybridized carbons (Fsp3) is 0.290. The quantitative estimate of drug-likeness (QED) is 0.289. The summed E-state index contributed by atoms with van der Waals surface area (Å²) in [5.74, 6) is -0.563. The van der Waals surface area contributed by atoms with Gasteiger partial charge in [-0.25, -0.2) is 9.78 Å². The molecule has 0 bridgehead atoms. The maximum absolute atomic E-state index is 14.3. The highest BCUT2D eigenvalue weighted by atomic mass is 35.5. The van der Waals surface area contributed by atoms with Gasteiger partial charge in [0.1, 0.15) is 24.3 Å². The van der Waals surface area contributed by atoms with Gasteiger partial charge >= 0.3 is 12.1 Å². The highest BCUT2D eigenvalue weighted by Crippen LogP contribution is 2.41. The summed E-state index contributed by atoms with van der Waals surface area (Å²) < 4.78 is 50.1. The van der Waals surface area contributed by atoms with E-state index in [4.69, 9.17) is 16.3 Å². The number of ether oxygens (including phenoxy) is 1. The van der Waals surface area contributed by atoms with E-state index in [1.54, 1.807) is 30.3 Å². The van der Waals surface area contributed by atoms with E-state index in [9.17, 15) is 33.1 Å². The minimum absolute atomic E-state index is 0.0272. The zero-order valence-electron chi connectivity index (χ0n) is 23.8. The van der Waals surface area contributed by atoms with Crippen molar-refractivity contribution < 1.29 is 27.8 Å². The van der Waals surface area contributed by atoms with Gasteiger partial charge in [0.05, 0.1) is 39.8 Å². The van der Waals surface area contributed by atoms with Crippen LogP contribution in [0.15, 0.2) is 53.3 Å². The second-order valence-electron chi connectivity index (χ2n) is 10.4. The number of anilines is 1. The molecule has 1 saturated heterocycles. The van der Waals surface area contributed by atoms with Crippen molar-refractivity contribution in [2.24, 2.45) is 0 Å². The van der Waals surface area contributed by atoms with Crippen molar-refractivity contribution in [3.05, 3.63) is 86.4 Å². The maximum Gasteiger partial charge on any atom is 0.418 e. The smallest absolute Gasteiger partial charge is 0.418 e. The third-order valence-electron chi connectivity index (χ3n) is 7.58. The number of hydrogen-bond acceptors (Lipinski definition) is 7. The molecule has 5 rings (SSSR count). The van der Waals surface area contributed by atoms with E-state index in [0.717, 1.165) is 6.07 Å². The van der Waals surface area contributed by atoms with Gasteiger partial charge in [-0.15, -0.1) is 0 Å². The Kier molecular flexibility index (Phi) is 8.54. The van der Waals surface area contributed by atoms with Crippen LogP contribution < -0.4 is 15.2 Å². The Morgan fingerprint density at radius 3 is 2.52 bits per heavy atom. The summed E-state index contributed by atoms with van der Waals surface area (Å²) in [7, 11) is 1.86. The predicted molar refractivity (Wildman–Crippen MR) is 160 cm³/mol. The number of alkyl halides is 3. The number of aromatic nitrogens is 2. The number of aryl methyl sites for hydroxylation is 1. The van der Waals surface area contributed by atoms with Crippen LogP contribution in [0.5, 0.6) is 5.75 Å². The number of piperazine rings is 1. The van der Waals surface area contributed by atoms with Crippen molar-refractivity contribution >= 4 is 34.2 Å². The summed E-state index contributed by atoms with van der Waals surface area (Å²) in [6.45, 7) is 2.96. The average molecular weight is 626 g/mol. The molecule has 2 heterocycles. The monoisotopic (exact) mass is 625 g/mol. The molecule has 1 N–H and O–H groups in total. The number of benzene rings is 3. The van der Waals surface area contributed by atoms with Crippen molar-refractivity contribution in [2.75, 3.05) is 44.7 Å². The molecular formula is C31H27ClF3N5O4. The van der Waals surface area contributed by atoms with Gasteiger partial charge in [0.25, 0.3) is 5.56 Å². The molecule has 0 unspecified atom stereocenters. The highest BCUT2D eigenvalue weighted by molar-refractivity contribution is 6.31. The van der Waals surface area contributed by atoms with Crippen LogP contribution in [0.1, 0.15) is 27.3 Å². The number of halogens is 4. The van der Waals surface area contributed by atoms with Crippen LogP contribution in [-0.2, 0) is 12.7 Å². The maximum atomic E-state index is 14.3. The first kappa shape index (κ1) is 30.8. The third kappa shape index (κ3) is 6.06. The van der Waals surface area contributed by atoms with Crippen LogP contribution in [0.4, 0.5) is 18.9 Å². The first-order valence-electron chi connectivity index (χ1n) is 13.6. The van der Waals surface area contributed by atoms with E-state index in [2.05, 4.69) is 4.98 Å². The predicted octanol–water partition coefficient (Wildman–Crippen LogP) is 5.44. The Hall–Kier alpha value is -4.60. The van der Waals surface area contributed by atoms with Crippen LogP contribution in [0.3, 0.4) is 0 Å². The lowest BCUT2D eigenvalue weighted by Crippen LogP contribution is -2.45. The molecule has 9 nitrogen and oxygen atoms in total.